The molecule has 2 rings (SSSR count). The molecule has 5 nitrogen and oxygen atoms in total. The van der Waals surface area contributed by atoms with Gasteiger partial charge in [-0.15, -0.1) is 0 Å². The first-order valence-electron chi connectivity index (χ1n) is 5.78. The molecule has 1 aromatic carbocycles. The number of ether oxygens (including phenoxy) is 1. The van der Waals surface area contributed by atoms with Gasteiger partial charge in [0, 0.05) is 30.4 Å². The quantitative estimate of drug-likeness (QED) is 0.782. The van der Waals surface area contributed by atoms with Gasteiger partial charge in [-0.3, -0.25) is 14.6 Å². The van der Waals surface area contributed by atoms with E-state index in [0.29, 0.717) is 5.56 Å². The summed E-state index contributed by atoms with van der Waals surface area (Å²) in [6.45, 7) is -0.0658. The highest BCUT2D eigenvalue weighted by Crippen LogP contribution is 2.15. The fraction of sp³-hybridized carbons (Fsp3) is 0.214. The Hall–Kier alpha value is -2.43. The molecule has 0 aliphatic carbocycles. The number of pyridine rings is 1. The van der Waals surface area contributed by atoms with Crippen LogP contribution in [0.4, 0.5) is 0 Å². The Kier molecular flexibility index (Phi) is 3.75. The molecule has 1 amide bonds. The summed E-state index contributed by atoms with van der Waals surface area (Å²) in [6, 6.07) is 7.18. The number of amides is 1. The zero-order chi connectivity index (χ0) is 13.8. The van der Waals surface area contributed by atoms with Gasteiger partial charge >= 0.3 is 5.97 Å². The average molecular weight is 258 g/mol. The third-order valence-electron chi connectivity index (χ3n) is 2.83. The van der Waals surface area contributed by atoms with E-state index in [1.54, 1.807) is 31.6 Å². The average Bonchev–Trinajstić information content (AvgIpc) is 2.45. The molecular formula is C14H14N2O3. The minimum atomic E-state index is -0.444. The van der Waals surface area contributed by atoms with E-state index < -0.39 is 5.97 Å². The van der Waals surface area contributed by atoms with Crippen LogP contribution in [0, 0.1) is 0 Å². The lowest BCUT2D eigenvalue weighted by molar-refractivity contribution is -0.141. The van der Waals surface area contributed by atoms with E-state index in [2.05, 4.69) is 9.72 Å². The highest BCUT2D eigenvalue weighted by atomic mass is 16.5. The molecule has 5 heteroatoms. The van der Waals surface area contributed by atoms with Crippen LogP contribution in [0.25, 0.3) is 10.8 Å². The van der Waals surface area contributed by atoms with E-state index in [9.17, 15) is 9.59 Å². The van der Waals surface area contributed by atoms with E-state index >= 15 is 0 Å². The SMILES string of the molecule is COC(=O)CN(C)C(=O)c1ccc2cnccc2c1. The summed E-state index contributed by atoms with van der Waals surface area (Å²) in [5.41, 5.74) is 0.533. The first-order valence-corrected chi connectivity index (χ1v) is 5.78. The van der Waals surface area contributed by atoms with Crippen molar-refractivity contribution in [1.82, 2.24) is 9.88 Å². The number of likely N-dealkylation sites (N-methyl/N-ethyl adjacent to an activating group) is 1. The summed E-state index contributed by atoms with van der Waals surface area (Å²) in [7, 11) is 2.86. The molecule has 19 heavy (non-hydrogen) atoms. The number of aromatic nitrogens is 1. The highest BCUT2D eigenvalue weighted by molar-refractivity contribution is 5.99. The second-order valence-corrected chi connectivity index (χ2v) is 4.17. The first-order chi connectivity index (χ1) is 9.11. The maximum Gasteiger partial charge on any atom is 0.325 e. The number of carbonyl (C=O) groups is 2. The van der Waals surface area contributed by atoms with Gasteiger partial charge < -0.3 is 9.64 Å². The standard InChI is InChI=1S/C14H14N2O3/c1-16(9-13(17)19-2)14(18)11-3-4-12-8-15-6-5-10(12)7-11/h3-8H,9H2,1-2H3. The van der Waals surface area contributed by atoms with Gasteiger partial charge in [-0.25, -0.2) is 0 Å². The first kappa shape index (κ1) is 13.0. The maximum atomic E-state index is 12.1. The van der Waals surface area contributed by atoms with Gasteiger partial charge in [0.15, 0.2) is 0 Å². The van der Waals surface area contributed by atoms with Gasteiger partial charge in [0.05, 0.1) is 7.11 Å². The Balaban J connectivity index is 2.23. The molecule has 0 unspecified atom stereocenters. The summed E-state index contributed by atoms with van der Waals surface area (Å²) in [6.07, 6.45) is 3.41. The number of rotatable bonds is 3. The Morgan fingerprint density at radius 1 is 1.26 bits per heavy atom. The molecule has 0 atom stereocenters. The van der Waals surface area contributed by atoms with Crippen LogP contribution in [0.1, 0.15) is 10.4 Å². The van der Waals surface area contributed by atoms with Crippen LogP contribution in [-0.4, -0.2) is 42.5 Å². The zero-order valence-corrected chi connectivity index (χ0v) is 10.8. The van der Waals surface area contributed by atoms with Crippen LogP contribution in [0.15, 0.2) is 36.7 Å². The third-order valence-corrected chi connectivity index (χ3v) is 2.83. The van der Waals surface area contributed by atoms with Crippen LogP contribution in [-0.2, 0) is 9.53 Å². The van der Waals surface area contributed by atoms with Crippen molar-refractivity contribution in [3.8, 4) is 0 Å². The van der Waals surface area contributed by atoms with Gasteiger partial charge in [-0.1, -0.05) is 6.07 Å². The molecule has 1 heterocycles. The van der Waals surface area contributed by atoms with E-state index in [1.807, 2.05) is 12.1 Å². The number of benzene rings is 1. The highest BCUT2D eigenvalue weighted by Gasteiger charge is 2.15. The zero-order valence-electron chi connectivity index (χ0n) is 10.8. The van der Waals surface area contributed by atoms with Crippen molar-refractivity contribution in [3.63, 3.8) is 0 Å². The van der Waals surface area contributed by atoms with E-state index in [4.69, 9.17) is 0 Å². The second-order valence-electron chi connectivity index (χ2n) is 4.17. The van der Waals surface area contributed by atoms with Crippen molar-refractivity contribution in [1.29, 1.82) is 0 Å². The van der Waals surface area contributed by atoms with Crippen LogP contribution in [0.2, 0.25) is 0 Å². The van der Waals surface area contributed by atoms with Crippen molar-refractivity contribution in [2.45, 2.75) is 0 Å². The van der Waals surface area contributed by atoms with Crippen LogP contribution in [0.3, 0.4) is 0 Å². The minimum Gasteiger partial charge on any atom is -0.468 e. The summed E-state index contributed by atoms with van der Waals surface area (Å²) in [4.78, 5) is 28.6. The molecule has 0 saturated carbocycles. The largest absolute Gasteiger partial charge is 0.468 e. The fourth-order valence-corrected chi connectivity index (χ4v) is 1.77. The number of carbonyl (C=O) groups excluding carboxylic acids is 2. The maximum absolute atomic E-state index is 12.1. The summed E-state index contributed by atoms with van der Waals surface area (Å²) in [5.74, 6) is -0.662. The number of fused-ring (bicyclic) bond motifs is 1. The summed E-state index contributed by atoms with van der Waals surface area (Å²) < 4.78 is 4.54. The molecule has 0 spiro atoms. The molecule has 0 saturated heterocycles. The predicted molar refractivity (Wildman–Crippen MR) is 70.7 cm³/mol. The van der Waals surface area contributed by atoms with Gasteiger partial charge in [0.25, 0.3) is 5.91 Å². The molecule has 0 aliphatic rings. The lowest BCUT2D eigenvalue weighted by Gasteiger charge is -2.15. The van der Waals surface area contributed by atoms with E-state index in [1.165, 1.54) is 12.0 Å². The Morgan fingerprint density at radius 3 is 2.79 bits per heavy atom. The van der Waals surface area contributed by atoms with Gasteiger partial charge in [0.2, 0.25) is 0 Å². The Morgan fingerprint density at radius 2 is 2.05 bits per heavy atom. The number of esters is 1. The third kappa shape index (κ3) is 2.88. The number of methoxy groups -OCH3 is 1. The number of hydrogen-bond acceptors (Lipinski definition) is 4. The molecule has 98 valence electrons. The van der Waals surface area contributed by atoms with Crippen molar-refractivity contribution in [2.24, 2.45) is 0 Å². The summed E-state index contributed by atoms with van der Waals surface area (Å²) in [5, 5.41) is 1.90. The summed E-state index contributed by atoms with van der Waals surface area (Å²) >= 11 is 0. The van der Waals surface area contributed by atoms with Crippen molar-refractivity contribution < 1.29 is 14.3 Å². The topological polar surface area (TPSA) is 59.5 Å². The molecule has 0 N–H and O–H groups in total. The number of hydrogen-bond donors (Lipinski definition) is 0. The van der Waals surface area contributed by atoms with Crippen LogP contribution >= 0.6 is 0 Å². The van der Waals surface area contributed by atoms with E-state index in [0.717, 1.165) is 10.8 Å². The molecule has 1 aromatic heterocycles. The van der Waals surface area contributed by atoms with Crippen molar-refractivity contribution in [3.05, 3.63) is 42.2 Å². The lowest BCUT2D eigenvalue weighted by atomic mass is 10.1. The fourth-order valence-electron chi connectivity index (χ4n) is 1.77. The van der Waals surface area contributed by atoms with Crippen molar-refractivity contribution >= 4 is 22.6 Å². The van der Waals surface area contributed by atoms with Gasteiger partial charge in [-0.05, 0) is 23.6 Å². The normalized spacial score (nSPS) is 10.2. The monoisotopic (exact) mass is 258 g/mol. The predicted octanol–water partition coefficient (Wildman–Crippen LogP) is 1.48. The lowest BCUT2D eigenvalue weighted by Crippen LogP contribution is -2.32. The van der Waals surface area contributed by atoms with Gasteiger partial charge in [0.1, 0.15) is 6.54 Å². The minimum absolute atomic E-state index is 0.0658. The van der Waals surface area contributed by atoms with Gasteiger partial charge in [-0.2, -0.15) is 0 Å². The Labute approximate surface area is 110 Å². The Bertz CT molecular complexity index is 625. The molecular weight excluding hydrogens is 244 g/mol. The van der Waals surface area contributed by atoms with Crippen molar-refractivity contribution in [2.75, 3.05) is 20.7 Å². The van der Waals surface area contributed by atoms with Crippen LogP contribution < -0.4 is 0 Å². The molecule has 2 aromatic rings. The van der Waals surface area contributed by atoms with Crippen LogP contribution in [0.5, 0.6) is 0 Å². The smallest absolute Gasteiger partial charge is 0.325 e. The van der Waals surface area contributed by atoms with E-state index in [-0.39, 0.29) is 12.5 Å². The molecule has 0 aliphatic heterocycles. The second kappa shape index (κ2) is 5.48. The molecule has 0 radical (unpaired) electrons. The molecule has 0 fully saturated rings. The number of nitrogens with zero attached hydrogens (tertiary/aromatic N) is 2. The molecule has 0 bridgehead atoms.